The molecule has 2 aliphatic rings. The first-order chi connectivity index (χ1) is 8.66. The topological polar surface area (TPSA) is 66.4 Å². The van der Waals surface area contributed by atoms with Gasteiger partial charge in [0.1, 0.15) is 0 Å². The Balaban J connectivity index is 1.71. The first kappa shape index (κ1) is 13.1. The summed E-state index contributed by atoms with van der Waals surface area (Å²) >= 11 is 0. The van der Waals surface area contributed by atoms with Crippen molar-refractivity contribution in [3.8, 4) is 0 Å². The first-order valence-electron chi connectivity index (χ1n) is 6.83. The van der Waals surface area contributed by atoms with Gasteiger partial charge in [0.15, 0.2) is 0 Å². The molecule has 0 radical (unpaired) electrons. The van der Waals surface area contributed by atoms with Crippen LogP contribution in [0.5, 0.6) is 0 Å². The van der Waals surface area contributed by atoms with Crippen molar-refractivity contribution >= 4 is 11.9 Å². The summed E-state index contributed by atoms with van der Waals surface area (Å²) in [4.78, 5) is 22.8. The molecule has 3 atom stereocenters. The number of hydrogen-bond donors (Lipinski definition) is 2. The van der Waals surface area contributed by atoms with Gasteiger partial charge in [0.25, 0.3) is 0 Å². The van der Waals surface area contributed by atoms with Gasteiger partial charge in [-0.2, -0.15) is 0 Å². The maximum Gasteiger partial charge on any atom is 0.306 e. The van der Waals surface area contributed by atoms with E-state index in [-0.39, 0.29) is 17.7 Å². The predicted octanol–water partition coefficient (Wildman–Crippen LogP) is 1.96. The summed E-state index contributed by atoms with van der Waals surface area (Å²) in [6.07, 6.45) is 9.53. The van der Waals surface area contributed by atoms with E-state index < -0.39 is 5.97 Å². The van der Waals surface area contributed by atoms with E-state index in [1.54, 1.807) is 0 Å². The zero-order chi connectivity index (χ0) is 13.0. The molecular formula is C14H21NO3. The highest BCUT2D eigenvalue weighted by Gasteiger charge is 2.32. The van der Waals surface area contributed by atoms with Crippen molar-refractivity contribution in [1.82, 2.24) is 5.32 Å². The molecule has 0 saturated heterocycles. The van der Waals surface area contributed by atoms with Crippen LogP contribution in [0.25, 0.3) is 0 Å². The summed E-state index contributed by atoms with van der Waals surface area (Å²) in [5.74, 6) is -0.431. The Bertz CT molecular complexity index is 351. The fraction of sp³-hybridized carbons (Fsp3) is 0.714. The number of carbonyl (C=O) groups excluding carboxylic acids is 1. The molecular weight excluding hydrogens is 230 g/mol. The fourth-order valence-corrected chi connectivity index (χ4v) is 3.03. The lowest BCUT2D eigenvalue weighted by Crippen LogP contribution is -2.33. The van der Waals surface area contributed by atoms with E-state index in [2.05, 4.69) is 17.5 Å². The van der Waals surface area contributed by atoms with Crippen LogP contribution in [0.1, 0.15) is 38.5 Å². The average Bonchev–Trinajstić information content (AvgIpc) is 2.96. The molecule has 0 aromatic carbocycles. The second kappa shape index (κ2) is 6.03. The number of carboxylic acids is 1. The molecule has 0 aliphatic heterocycles. The predicted molar refractivity (Wildman–Crippen MR) is 68.0 cm³/mol. The van der Waals surface area contributed by atoms with Gasteiger partial charge in [-0.05, 0) is 37.5 Å². The van der Waals surface area contributed by atoms with Crippen LogP contribution in [0.15, 0.2) is 12.2 Å². The monoisotopic (exact) mass is 251 g/mol. The van der Waals surface area contributed by atoms with Gasteiger partial charge in [-0.25, -0.2) is 0 Å². The minimum Gasteiger partial charge on any atom is -0.481 e. The van der Waals surface area contributed by atoms with E-state index in [0.717, 1.165) is 32.1 Å². The van der Waals surface area contributed by atoms with Gasteiger partial charge < -0.3 is 10.4 Å². The van der Waals surface area contributed by atoms with Gasteiger partial charge in [-0.3, -0.25) is 9.59 Å². The van der Waals surface area contributed by atoms with Crippen LogP contribution >= 0.6 is 0 Å². The molecule has 0 aromatic rings. The number of rotatable bonds is 5. The minimum absolute atomic E-state index is 0.0580. The smallest absolute Gasteiger partial charge is 0.306 e. The Kier molecular flexibility index (Phi) is 4.39. The lowest BCUT2D eigenvalue weighted by Gasteiger charge is -2.17. The second-order valence-corrected chi connectivity index (χ2v) is 5.41. The standard InChI is InChI=1S/C14H21NO3/c16-13(8-10-4-1-2-5-10)15-9-11-6-3-7-12(11)14(17)18/h1,4,10-12H,2-3,5-9H2,(H,15,16)(H,17,18). The van der Waals surface area contributed by atoms with Crippen molar-refractivity contribution in [2.45, 2.75) is 38.5 Å². The van der Waals surface area contributed by atoms with Crippen LogP contribution in [-0.4, -0.2) is 23.5 Å². The quantitative estimate of drug-likeness (QED) is 0.734. The minimum atomic E-state index is -0.717. The Morgan fingerprint density at radius 3 is 2.78 bits per heavy atom. The van der Waals surface area contributed by atoms with Gasteiger partial charge in [0.2, 0.25) is 5.91 Å². The largest absolute Gasteiger partial charge is 0.481 e. The lowest BCUT2D eigenvalue weighted by atomic mass is 9.96. The molecule has 2 rings (SSSR count). The third-order valence-electron chi connectivity index (χ3n) is 4.10. The SMILES string of the molecule is O=C(CC1C=CCC1)NCC1CCCC1C(=O)O. The highest BCUT2D eigenvalue weighted by atomic mass is 16.4. The molecule has 100 valence electrons. The number of allylic oxidation sites excluding steroid dienone is 2. The highest BCUT2D eigenvalue weighted by molar-refractivity contribution is 5.76. The second-order valence-electron chi connectivity index (χ2n) is 5.41. The maximum absolute atomic E-state index is 11.7. The molecule has 0 heterocycles. The molecule has 2 N–H and O–H groups in total. The normalized spacial score (nSPS) is 30.6. The Hall–Kier alpha value is -1.32. The summed E-state index contributed by atoms with van der Waals surface area (Å²) in [5, 5.41) is 12.0. The van der Waals surface area contributed by atoms with Crippen LogP contribution < -0.4 is 5.32 Å². The van der Waals surface area contributed by atoms with Crippen molar-refractivity contribution in [2.24, 2.45) is 17.8 Å². The maximum atomic E-state index is 11.7. The molecule has 4 nitrogen and oxygen atoms in total. The van der Waals surface area contributed by atoms with E-state index in [1.165, 1.54) is 0 Å². The van der Waals surface area contributed by atoms with E-state index >= 15 is 0 Å². The lowest BCUT2D eigenvalue weighted by molar-refractivity contribution is -0.143. The van der Waals surface area contributed by atoms with Gasteiger partial charge >= 0.3 is 5.97 Å². The highest BCUT2D eigenvalue weighted by Crippen LogP contribution is 2.31. The Morgan fingerprint density at radius 1 is 1.28 bits per heavy atom. The molecule has 0 spiro atoms. The van der Waals surface area contributed by atoms with Crippen molar-refractivity contribution in [1.29, 1.82) is 0 Å². The van der Waals surface area contributed by atoms with Crippen molar-refractivity contribution in [2.75, 3.05) is 6.54 Å². The van der Waals surface area contributed by atoms with Gasteiger partial charge in [0.05, 0.1) is 5.92 Å². The number of carbonyl (C=O) groups is 2. The van der Waals surface area contributed by atoms with Crippen molar-refractivity contribution < 1.29 is 14.7 Å². The van der Waals surface area contributed by atoms with Crippen LogP contribution in [-0.2, 0) is 9.59 Å². The number of aliphatic carboxylic acids is 1. The molecule has 3 unspecified atom stereocenters. The Labute approximate surface area is 107 Å². The van der Waals surface area contributed by atoms with Gasteiger partial charge in [0, 0.05) is 13.0 Å². The average molecular weight is 251 g/mol. The number of carboxylic acid groups (broad SMARTS) is 1. The Morgan fingerprint density at radius 2 is 2.11 bits per heavy atom. The summed E-state index contributed by atoms with van der Waals surface area (Å²) < 4.78 is 0. The van der Waals surface area contributed by atoms with Gasteiger partial charge in [-0.1, -0.05) is 18.6 Å². The van der Waals surface area contributed by atoms with Crippen LogP contribution in [0.2, 0.25) is 0 Å². The number of nitrogens with one attached hydrogen (secondary N) is 1. The summed E-state index contributed by atoms with van der Waals surface area (Å²) in [6, 6.07) is 0. The third kappa shape index (κ3) is 3.34. The van der Waals surface area contributed by atoms with E-state index in [0.29, 0.717) is 18.9 Å². The summed E-state index contributed by atoms with van der Waals surface area (Å²) in [5.41, 5.74) is 0. The molecule has 1 amide bonds. The summed E-state index contributed by atoms with van der Waals surface area (Å²) in [7, 11) is 0. The fourth-order valence-electron chi connectivity index (χ4n) is 3.03. The van der Waals surface area contributed by atoms with Crippen LogP contribution in [0.4, 0.5) is 0 Å². The molecule has 0 aromatic heterocycles. The van der Waals surface area contributed by atoms with Crippen LogP contribution in [0, 0.1) is 17.8 Å². The molecule has 0 bridgehead atoms. The zero-order valence-electron chi connectivity index (χ0n) is 10.6. The van der Waals surface area contributed by atoms with E-state index in [1.807, 2.05) is 0 Å². The molecule has 1 saturated carbocycles. The molecule has 2 aliphatic carbocycles. The third-order valence-corrected chi connectivity index (χ3v) is 4.10. The zero-order valence-corrected chi connectivity index (χ0v) is 10.6. The van der Waals surface area contributed by atoms with E-state index in [4.69, 9.17) is 5.11 Å². The summed E-state index contributed by atoms with van der Waals surface area (Å²) in [6.45, 7) is 0.520. The molecule has 1 fully saturated rings. The van der Waals surface area contributed by atoms with Gasteiger partial charge in [-0.15, -0.1) is 0 Å². The number of hydrogen-bond acceptors (Lipinski definition) is 2. The van der Waals surface area contributed by atoms with Crippen molar-refractivity contribution in [3.63, 3.8) is 0 Å². The first-order valence-corrected chi connectivity index (χ1v) is 6.83. The molecule has 4 heteroatoms. The molecule has 18 heavy (non-hydrogen) atoms. The van der Waals surface area contributed by atoms with Crippen molar-refractivity contribution in [3.05, 3.63) is 12.2 Å². The van der Waals surface area contributed by atoms with Crippen LogP contribution in [0.3, 0.4) is 0 Å². The van der Waals surface area contributed by atoms with E-state index in [9.17, 15) is 9.59 Å². The number of amides is 1.